The SMILES string of the molecule is CCOCC12CN(C(=O)c3cccc(F)c3)CCC1CN(c1ccc(C#N)c(C(F)(F)F)c1)C2. The molecule has 2 unspecified atom stereocenters. The number of alkyl halides is 3. The number of amides is 1. The van der Waals surface area contributed by atoms with Crippen molar-refractivity contribution in [1.82, 2.24) is 4.90 Å². The number of likely N-dealkylation sites (tertiary alicyclic amines) is 1. The molecule has 0 radical (unpaired) electrons. The lowest BCUT2D eigenvalue weighted by Crippen LogP contribution is -2.53. The zero-order valence-electron chi connectivity index (χ0n) is 18.7. The Morgan fingerprint density at radius 3 is 2.71 bits per heavy atom. The van der Waals surface area contributed by atoms with E-state index in [2.05, 4.69) is 0 Å². The number of halogens is 4. The smallest absolute Gasteiger partial charge is 0.381 e. The van der Waals surface area contributed by atoms with Crippen molar-refractivity contribution < 1.29 is 27.1 Å². The van der Waals surface area contributed by atoms with Gasteiger partial charge in [-0.15, -0.1) is 0 Å². The highest BCUT2D eigenvalue weighted by Gasteiger charge is 2.51. The molecule has 0 aromatic heterocycles. The summed E-state index contributed by atoms with van der Waals surface area (Å²) in [5.41, 5.74) is -1.18. The van der Waals surface area contributed by atoms with Gasteiger partial charge in [0.15, 0.2) is 0 Å². The zero-order valence-corrected chi connectivity index (χ0v) is 18.7. The number of fused-ring (bicyclic) bond motifs is 1. The zero-order chi connectivity index (χ0) is 24.5. The maximum Gasteiger partial charge on any atom is 0.417 e. The van der Waals surface area contributed by atoms with Crippen LogP contribution in [0.5, 0.6) is 0 Å². The van der Waals surface area contributed by atoms with Crippen LogP contribution in [0.15, 0.2) is 42.5 Å². The number of nitriles is 1. The Balaban J connectivity index is 1.62. The van der Waals surface area contributed by atoms with Crippen molar-refractivity contribution in [1.29, 1.82) is 5.26 Å². The van der Waals surface area contributed by atoms with Gasteiger partial charge in [0.1, 0.15) is 5.82 Å². The summed E-state index contributed by atoms with van der Waals surface area (Å²) in [6.07, 6.45) is -3.97. The van der Waals surface area contributed by atoms with Gasteiger partial charge in [-0.25, -0.2) is 4.39 Å². The number of nitrogens with zero attached hydrogens (tertiary/aromatic N) is 3. The molecule has 0 bridgehead atoms. The molecule has 34 heavy (non-hydrogen) atoms. The summed E-state index contributed by atoms with van der Waals surface area (Å²) in [6.45, 7) is 4.48. The van der Waals surface area contributed by atoms with Gasteiger partial charge in [-0.2, -0.15) is 18.4 Å². The molecular weight excluding hydrogens is 450 g/mol. The number of carbonyl (C=O) groups excluding carboxylic acids is 1. The molecule has 0 aliphatic carbocycles. The van der Waals surface area contributed by atoms with E-state index in [1.165, 1.54) is 30.3 Å². The normalized spacial score (nSPS) is 22.4. The molecule has 2 aliphatic heterocycles. The van der Waals surface area contributed by atoms with Crippen LogP contribution in [-0.2, 0) is 10.9 Å². The van der Waals surface area contributed by atoms with Crippen LogP contribution < -0.4 is 4.90 Å². The van der Waals surface area contributed by atoms with E-state index >= 15 is 0 Å². The predicted octanol–water partition coefficient (Wildman–Crippen LogP) is 4.72. The Kier molecular flexibility index (Phi) is 6.54. The summed E-state index contributed by atoms with van der Waals surface area (Å²) in [5.74, 6) is -0.649. The molecule has 2 aromatic carbocycles. The Morgan fingerprint density at radius 1 is 1.24 bits per heavy atom. The molecule has 2 fully saturated rings. The van der Waals surface area contributed by atoms with E-state index in [1.54, 1.807) is 17.0 Å². The molecule has 4 rings (SSSR count). The molecule has 2 aliphatic rings. The van der Waals surface area contributed by atoms with Gasteiger partial charge < -0.3 is 14.5 Å². The van der Waals surface area contributed by atoms with Gasteiger partial charge in [-0.1, -0.05) is 6.07 Å². The topological polar surface area (TPSA) is 56.6 Å². The van der Waals surface area contributed by atoms with E-state index in [4.69, 9.17) is 10.00 Å². The van der Waals surface area contributed by atoms with Crippen molar-refractivity contribution >= 4 is 11.6 Å². The van der Waals surface area contributed by atoms with Crippen LogP contribution in [0, 0.1) is 28.5 Å². The lowest BCUT2D eigenvalue weighted by molar-refractivity contribution is -0.137. The minimum absolute atomic E-state index is 0.112. The Labute approximate surface area is 195 Å². The van der Waals surface area contributed by atoms with E-state index in [9.17, 15) is 22.4 Å². The highest BCUT2D eigenvalue weighted by molar-refractivity contribution is 5.94. The van der Waals surface area contributed by atoms with Crippen LogP contribution in [0.1, 0.15) is 34.8 Å². The van der Waals surface area contributed by atoms with Crippen molar-refractivity contribution in [2.24, 2.45) is 11.3 Å². The number of rotatable bonds is 5. The van der Waals surface area contributed by atoms with Crippen molar-refractivity contribution in [2.45, 2.75) is 19.5 Å². The molecule has 1 amide bonds. The van der Waals surface area contributed by atoms with Crippen LogP contribution >= 0.6 is 0 Å². The van der Waals surface area contributed by atoms with Crippen LogP contribution in [-0.4, -0.2) is 50.2 Å². The average molecular weight is 475 g/mol. The fraction of sp³-hybridized carbons (Fsp3) is 0.440. The van der Waals surface area contributed by atoms with Crippen LogP contribution in [0.4, 0.5) is 23.2 Å². The summed E-state index contributed by atoms with van der Waals surface area (Å²) < 4.78 is 60.0. The number of benzene rings is 2. The predicted molar refractivity (Wildman–Crippen MR) is 118 cm³/mol. The first kappa shape index (κ1) is 24.0. The number of anilines is 1. The van der Waals surface area contributed by atoms with Crippen LogP contribution in [0.25, 0.3) is 0 Å². The third-order valence-electron chi connectivity index (χ3n) is 6.81. The van der Waals surface area contributed by atoms with Gasteiger partial charge in [0.05, 0.1) is 23.8 Å². The van der Waals surface area contributed by atoms with Crippen LogP contribution in [0.2, 0.25) is 0 Å². The molecule has 2 atom stereocenters. The molecule has 2 aromatic rings. The van der Waals surface area contributed by atoms with Gasteiger partial charge in [-0.05, 0) is 55.7 Å². The van der Waals surface area contributed by atoms with E-state index in [0.717, 1.165) is 6.07 Å². The first-order chi connectivity index (χ1) is 16.2. The summed E-state index contributed by atoms with van der Waals surface area (Å²) >= 11 is 0. The number of ether oxygens (including phenoxy) is 1. The van der Waals surface area contributed by atoms with Crippen molar-refractivity contribution in [2.75, 3.05) is 44.3 Å². The average Bonchev–Trinajstić information content (AvgIpc) is 3.20. The quantitative estimate of drug-likeness (QED) is 0.588. The molecule has 2 heterocycles. The highest BCUT2D eigenvalue weighted by Crippen LogP contribution is 2.45. The molecular formula is C25H25F4N3O2. The number of piperidine rings is 1. The maximum absolute atomic E-state index is 13.7. The number of hydrogen-bond donors (Lipinski definition) is 0. The maximum atomic E-state index is 13.7. The number of hydrogen-bond acceptors (Lipinski definition) is 4. The Bertz CT molecular complexity index is 1110. The molecule has 0 N–H and O–H groups in total. The van der Waals surface area contributed by atoms with Gasteiger partial charge >= 0.3 is 6.18 Å². The lowest BCUT2D eigenvalue weighted by atomic mass is 9.73. The first-order valence-corrected chi connectivity index (χ1v) is 11.2. The molecule has 0 saturated carbocycles. The molecule has 5 nitrogen and oxygen atoms in total. The monoisotopic (exact) mass is 475 g/mol. The Hall–Kier alpha value is -3.12. The first-order valence-electron chi connectivity index (χ1n) is 11.2. The summed E-state index contributed by atoms with van der Waals surface area (Å²) in [7, 11) is 0. The number of carbonyl (C=O) groups is 1. The van der Waals surface area contributed by atoms with Gasteiger partial charge in [0.2, 0.25) is 0 Å². The van der Waals surface area contributed by atoms with Crippen molar-refractivity contribution in [3.63, 3.8) is 0 Å². The minimum atomic E-state index is -4.63. The van der Waals surface area contributed by atoms with Gasteiger partial charge in [0, 0.05) is 49.5 Å². The Morgan fingerprint density at radius 2 is 2.03 bits per heavy atom. The third kappa shape index (κ3) is 4.60. The summed E-state index contributed by atoms with van der Waals surface area (Å²) in [5, 5.41) is 9.10. The third-order valence-corrected chi connectivity index (χ3v) is 6.81. The molecule has 0 spiro atoms. The van der Waals surface area contributed by atoms with Crippen molar-refractivity contribution in [3.8, 4) is 6.07 Å². The van der Waals surface area contributed by atoms with Gasteiger partial charge in [0.25, 0.3) is 5.91 Å². The molecule has 2 saturated heterocycles. The molecule has 180 valence electrons. The van der Waals surface area contributed by atoms with Gasteiger partial charge in [-0.3, -0.25) is 4.79 Å². The van der Waals surface area contributed by atoms with Crippen LogP contribution in [0.3, 0.4) is 0 Å². The van der Waals surface area contributed by atoms with E-state index < -0.39 is 28.5 Å². The second-order valence-electron chi connectivity index (χ2n) is 8.94. The fourth-order valence-corrected chi connectivity index (χ4v) is 5.13. The lowest BCUT2D eigenvalue weighted by Gasteiger charge is -2.43. The fourth-order valence-electron chi connectivity index (χ4n) is 5.13. The standard InChI is InChI=1S/C25H25F4N3O2/c1-2-34-16-24-14-31(23(33)17-4-3-5-20(26)10-17)9-8-19(24)13-32(15-24)21-7-6-18(12-30)22(11-21)25(27,28)29/h3-7,10-11,19H,2,8-9,13-16H2,1H3. The second-order valence-corrected chi connectivity index (χ2v) is 8.94. The molecule has 9 heteroatoms. The van der Waals surface area contributed by atoms with E-state index in [1.807, 2.05) is 11.8 Å². The van der Waals surface area contributed by atoms with E-state index in [-0.39, 0.29) is 17.4 Å². The van der Waals surface area contributed by atoms with E-state index in [0.29, 0.717) is 51.5 Å². The summed E-state index contributed by atoms with van der Waals surface area (Å²) in [4.78, 5) is 16.7. The minimum Gasteiger partial charge on any atom is -0.381 e. The van der Waals surface area contributed by atoms with Crippen molar-refractivity contribution in [3.05, 3.63) is 65.0 Å². The highest BCUT2D eigenvalue weighted by atomic mass is 19.4. The second kappa shape index (κ2) is 9.26. The summed E-state index contributed by atoms with van der Waals surface area (Å²) in [6, 6.07) is 10.9. The largest absolute Gasteiger partial charge is 0.417 e.